The number of carbonyl (C=O) groups excluding carboxylic acids is 1. The number of carboxylic acid groups (broad SMARTS) is 1. The summed E-state index contributed by atoms with van der Waals surface area (Å²) in [7, 11) is 0. The highest BCUT2D eigenvalue weighted by molar-refractivity contribution is 9.10. The highest BCUT2D eigenvalue weighted by Gasteiger charge is 2.40. The quantitative estimate of drug-likeness (QED) is 0.595. The number of aromatic nitrogens is 1. The van der Waals surface area contributed by atoms with Crippen molar-refractivity contribution in [3.8, 4) is 0 Å². The lowest BCUT2D eigenvalue weighted by Crippen LogP contribution is -2.39. The first-order valence-corrected chi connectivity index (χ1v) is 10.6. The van der Waals surface area contributed by atoms with E-state index in [0.717, 1.165) is 10.3 Å². The fourth-order valence-electron chi connectivity index (χ4n) is 3.83. The summed E-state index contributed by atoms with van der Waals surface area (Å²) in [5.41, 5.74) is -0.472. The van der Waals surface area contributed by atoms with Crippen LogP contribution in [0.15, 0.2) is 50.7 Å². The number of aliphatic carboxylic acids is 1. The Kier molecular flexibility index (Phi) is 5.20. The van der Waals surface area contributed by atoms with E-state index >= 15 is 0 Å². The molecular weight excluding hydrogens is 469 g/mol. The Morgan fingerprint density at radius 3 is 2.75 bits per heavy atom. The molecule has 1 N–H and O–H groups in total. The Labute approximate surface area is 178 Å². The van der Waals surface area contributed by atoms with Gasteiger partial charge in [-0.1, -0.05) is 23.4 Å². The molecular formula is C20H15BrClFNO3S-. The summed E-state index contributed by atoms with van der Waals surface area (Å²) in [5.74, 6) is -1.73. The third kappa shape index (κ3) is 3.45. The monoisotopic (exact) mass is 482 g/mol. The van der Waals surface area contributed by atoms with Gasteiger partial charge >= 0.3 is 0 Å². The summed E-state index contributed by atoms with van der Waals surface area (Å²) in [6, 6.07) is 10.0. The summed E-state index contributed by atoms with van der Waals surface area (Å²) in [4.78, 5) is 12.9. The van der Waals surface area contributed by atoms with Gasteiger partial charge in [0.1, 0.15) is 11.4 Å². The zero-order valence-electron chi connectivity index (χ0n) is 14.5. The summed E-state index contributed by atoms with van der Waals surface area (Å²) in [5, 5.41) is 24.0. The molecule has 0 bridgehead atoms. The van der Waals surface area contributed by atoms with E-state index in [0.29, 0.717) is 45.0 Å². The van der Waals surface area contributed by atoms with Gasteiger partial charge in [0.2, 0.25) is 0 Å². The van der Waals surface area contributed by atoms with Gasteiger partial charge in [-0.25, -0.2) is 4.39 Å². The minimum Gasteiger partial charge on any atom is -0.550 e. The van der Waals surface area contributed by atoms with Crippen molar-refractivity contribution in [2.45, 2.75) is 41.2 Å². The average Bonchev–Trinajstić information content (AvgIpc) is 2.91. The second-order valence-corrected chi connectivity index (χ2v) is 9.23. The Balaban J connectivity index is 1.99. The van der Waals surface area contributed by atoms with Crippen LogP contribution in [0.3, 0.4) is 0 Å². The van der Waals surface area contributed by atoms with Gasteiger partial charge in [-0.15, -0.1) is 0 Å². The van der Waals surface area contributed by atoms with Crippen LogP contribution in [0.4, 0.5) is 4.39 Å². The lowest BCUT2D eigenvalue weighted by Gasteiger charge is -2.35. The maximum Gasteiger partial charge on any atom is 0.126 e. The molecule has 4 rings (SSSR count). The topological polar surface area (TPSA) is 65.3 Å². The van der Waals surface area contributed by atoms with Crippen molar-refractivity contribution in [3.05, 3.63) is 57.4 Å². The third-order valence-electron chi connectivity index (χ3n) is 4.92. The predicted molar refractivity (Wildman–Crippen MR) is 108 cm³/mol. The van der Waals surface area contributed by atoms with Crippen molar-refractivity contribution in [2.75, 3.05) is 0 Å². The van der Waals surface area contributed by atoms with Crippen molar-refractivity contribution in [2.24, 2.45) is 0 Å². The molecule has 0 spiro atoms. The summed E-state index contributed by atoms with van der Waals surface area (Å²) in [6.45, 7) is 0.568. The molecule has 146 valence electrons. The first-order chi connectivity index (χ1) is 13.3. The fourth-order valence-corrected chi connectivity index (χ4v) is 5.93. The minimum absolute atomic E-state index is 0.297. The highest BCUT2D eigenvalue weighted by Crippen LogP contribution is 2.49. The van der Waals surface area contributed by atoms with E-state index in [4.69, 9.17) is 11.6 Å². The summed E-state index contributed by atoms with van der Waals surface area (Å²) >= 11 is 10.8. The predicted octanol–water partition coefficient (Wildman–Crippen LogP) is 4.47. The van der Waals surface area contributed by atoms with Crippen LogP contribution in [0.2, 0.25) is 5.02 Å². The van der Waals surface area contributed by atoms with Crippen LogP contribution in [0.25, 0.3) is 10.9 Å². The van der Waals surface area contributed by atoms with Crippen molar-refractivity contribution in [1.82, 2.24) is 4.57 Å². The fraction of sp³-hybridized carbons (Fsp3) is 0.250. The Morgan fingerprint density at radius 1 is 1.36 bits per heavy atom. The van der Waals surface area contributed by atoms with Gasteiger partial charge in [0.25, 0.3) is 0 Å². The van der Waals surface area contributed by atoms with Crippen molar-refractivity contribution < 1.29 is 19.4 Å². The van der Waals surface area contributed by atoms with Gasteiger partial charge in [0, 0.05) is 43.6 Å². The Morgan fingerprint density at radius 2 is 2.07 bits per heavy atom. The van der Waals surface area contributed by atoms with Crippen LogP contribution >= 0.6 is 39.3 Å². The van der Waals surface area contributed by atoms with Crippen molar-refractivity contribution in [1.29, 1.82) is 0 Å². The Bertz CT molecular complexity index is 1090. The lowest BCUT2D eigenvalue weighted by atomic mass is 9.87. The maximum absolute atomic E-state index is 14.1. The smallest absolute Gasteiger partial charge is 0.126 e. The number of nitrogens with zero attached hydrogens (tertiary/aromatic N) is 1. The third-order valence-corrected chi connectivity index (χ3v) is 6.91. The zero-order valence-corrected chi connectivity index (χ0v) is 17.7. The van der Waals surface area contributed by atoms with E-state index in [1.54, 1.807) is 12.1 Å². The maximum atomic E-state index is 14.1. The molecule has 3 aromatic rings. The van der Waals surface area contributed by atoms with Crippen molar-refractivity contribution >= 4 is 56.2 Å². The van der Waals surface area contributed by atoms with Gasteiger partial charge in [-0.2, -0.15) is 0 Å². The number of benzene rings is 2. The molecule has 0 radical (unpaired) electrons. The van der Waals surface area contributed by atoms with E-state index < -0.39 is 23.8 Å². The van der Waals surface area contributed by atoms with Crippen LogP contribution < -0.4 is 5.11 Å². The molecule has 0 saturated carbocycles. The number of carbonyl (C=O) groups is 1. The second kappa shape index (κ2) is 7.37. The summed E-state index contributed by atoms with van der Waals surface area (Å²) in [6.07, 6.45) is 0.364. The van der Waals surface area contributed by atoms with Gasteiger partial charge in [-0.3, -0.25) is 0 Å². The molecule has 4 nitrogen and oxygen atoms in total. The standard InChI is InChI=1S/C20H16BrClFNO3S/c21-14-8-12(23)9-15-17(14)18(28-13-4-2-11(22)3-5-13)19-20(27,10-16(25)26)6-1-7-24(15)19/h2-5,8-9,27H,1,6-7,10H2,(H,25,26)/p-1. The van der Waals surface area contributed by atoms with Crippen LogP contribution in [0, 0.1) is 5.82 Å². The number of fused-ring (bicyclic) bond motifs is 3. The van der Waals surface area contributed by atoms with E-state index in [-0.39, 0.29) is 0 Å². The number of hydrogen-bond acceptors (Lipinski definition) is 4. The molecule has 1 aliphatic rings. The average molecular weight is 484 g/mol. The van der Waals surface area contributed by atoms with Gasteiger partial charge < -0.3 is 19.6 Å². The molecule has 1 atom stereocenters. The zero-order chi connectivity index (χ0) is 20.1. The molecule has 28 heavy (non-hydrogen) atoms. The first kappa shape index (κ1) is 19.8. The molecule has 1 unspecified atom stereocenters. The second-order valence-electron chi connectivity index (χ2n) is 6.85. The van der Waals surface area contributed by atoms with E-state index in [9.17, 15) is 19.4 Å². The number of aryl methyl sites for hydroxylation is 1. The van der Waals surface area contributed by atoms with Gasteiger partial charge in [-0.05, 0) is 65.2 Å². The van der Waals surface area contributed by atoms with Crippen LogP contribution in [0.1, 0.15) is 25.0 Å². The van der Waals surface area contributed by atoms with Crippen LogP contribution in [0.5, 0.6) is 0 Å². The first-order valence-electron chi connectivity index (χ1n) is 8.66. The van der Waals surface area contributed by atoms with E-state index in [1.165, 1.54) is 23.9 Å². The number of halogens is 3. The molecule has 0 saturated heterocycles. The molecule has 1 aromatic heterocycles. The summed E-state index contributed by atoms with van der Waals surface area (Å²) < 4.78 is 16.5. The van der Waals surface area contributed by atoms with Gasteiger partial charge in [0.15, 0.2) is 0 Å². The molecule has 0 fully saturated rings. The molecule has 2 aromatic carbocycles. The van der Waals surface area contributed by atoms with Crippen molar-refractivity contribution in [3.63, 3.8) is 0 Å². The molecule has 0 amide bonds. The van der Waals surface area contributed by atoms with E-state index in [2.05, 4.69) is 15.9 Å². The lowest BCUT2D eigenvalue weighted by molar-refractivity contribution is -0.310. The van der Waals surface area contributed by atoms with E-state index in [1.807, 2.05) is 16.7 Å². The van der Waals surface area contributed by atoms with Crippen LogP contribution in [-0.4, -0.2) is 15.6 Å². The number of rotatable bonds is 4. The minimum atomic E-state index is -1.58. The number of carboxylic acids is 1. The molecule has 2 heterocycles. The Hall–Kier alpha value is -1.54. The number of hydrogen-bond donors (Lipinski definition) is 1. The highest BCUT2D eigenvalue weighted by atomic mass is 79.9. The molecule has 8 heteroatoms. The largest absolute Gasteiger partial charge is 0.550 e. The SMILES string of the molecule is O=C([O-])CC1(O)CCCn2c1c(Sc1ccc(Cl)cc1)c1c(Br)cc(F)cc12. The molecule has 1 aliphatic heterocycles. The molecule has 0 aliphatic carbocycles. The normalized spacial score (nSPS) is 19.0. The number of aliphatic hydroxyl groups is 1. The van der Waals surface area contributed by atoms with Gasteiger partial charge in [0.05, 0.1) is 11.2 Å². The van der Waals surface area contributed by atoms with Crippen LogP contribution in [-0.2, 0) is 16.9 Å².